The van der Waals surface area contributed by atoms with Crippen LogP contribution in [0.5, 0.6) is 11.5 Å². The number of carbonyl (C=O) groups is 1. The Morgan fingerprint density at radius 1 is 1.50 bits per heavy atom. The lowest BCUT2D eigenvalue weighted by Gasteiger charge is -2.15. The molecular formula is C12H17N3O5. The summed E-state index contributed by atoms with van der Waals surface area (Å²) in [6.45, 7) is 2.85. The Morgan fingerprint density at radius 2 is 2.15 bits per heavy atom. The summed E-state index contributed by atoms with van der Waals surface area (Å²) in [6, 6.07) is 2.26. The highest BCUT2D eigenvalue weighted by Crippen LogP contribution is 2.37. The third kappa shape index (κ3) is 3.65. The second-order valence-corrected chi connectivity index (χ2v) is 4.20. The summed E-state index contributed by atoms with van der Waals surface area (Å²) < 4.78 is 10.3. The first-order valence-electron chi connectivity index (χ1n) is 5.85. The largest absolute Gasteiger partial charge is 0.493 e. The van der Waals surface area contributed by atoms with E-state index >= 15 is 0 Å². The predicted molar refractivity (Wildman–Crippen MR) is 71.6 cm³/mol. The van der Waals surface area contributed by atoms with Gasteiger partial charge in [0.1, 0.15) is 6.61 Å². The number of hydrogen-bond donors (Lipinski definition) is 2. The van der Waals surface area contributed by atoms with Crippen molar-refractivity contribution in [1.82, 2.24) is 5.43 Å². The highest BCUT2D eigenvalue weighted by atomic mass is 16.6. The summed E-state index contributed by atoms with van der Waals surface area (Å²) in [5.74, 6) is 5.55. The number of rotatable bonds is 7. The SMILES string of the molecule is COc1cc(C(C)NN)c([N+](=O)[O-])cc1OCC(C)=O. The van der Waals surface area contributed by atoms with Crippen LogP contribution in [0.4, 0.5) is 5.69 Å². The second-order valence-electron chi connectivity index (χ2n) is 4.20. The van der Waals surface area contributed by atoms with E-state index in [1.165, 1.54) is 26.2 Å². The molecule has 1 aromatic carbocycles. The number of benzene rings is 1. The van der Waals surface area contributed by atoms with Crippen molar-refractivity contribution in [2.24, 2.45) is 5.84 Å². The van der Waals surface area contributed by atoms with Gasteiger partial charge in [-0.05, 0) is 19.9 Å². The van der Waals surface area contributed by atoms with E-state index in [1.54, 1.807) is 6.92 Å². The van der Waals surface area contributed by atoms with Gasteiger partial charge >= 0.3 is 0 Å². The molecule has 0 aliphatic rings. The van der Waals surface area contributed by atoms with Crippen molar-refractivity contribution in [2.75, 3.05) is 13.7 Å². The standard InChI is InChI=1S/C12H17N3O5/c1-7(16)6-20-12-5-10(15(17)18)9(8(2)14-13)4-11(12)19-3/h4-5,8,14H,6,13H2,1-3H3. The molecule has 0 amide bonds. The normalized spacial score (nSPS) is 11.8. The maximum atomic E-state index is 11.1. The van der Waals surface area contributed by atoms with Gasteiger partial charge in [0, 0.05) is 0 Å². The smallest absolute Gasteiger partial charge is 0.278 e. The van der Waals surface area contributed by atoms with Crippen LogP contribution in [0.3, 0.4) is 0 Å². The first kappa shape index (κ1) is 15.9. The van der Waals surface area contributed by atoms with Crippen LogP contribution in [0.15, 0.2) is 12.1 Å². The van der Waals surface area contributed by atoms with Crippen molar-refractivity contribution in [3.05, 3.63) is 27.8 Å². The fourth-order valence-corrected chi connectivity index (χ4v) is 1.61. The molecule has 8 nitrogen and oxygen atoms in total. The molecule has 0 bridgehead atoms. The summed E-state index contributed by atoms with van der Waals surface area (Å²) >= 11 is 0. The van der Waals surface area contributed by atoms with Gasteiger partial charge in [0.15, 0.2) is 17.3 Å². The lowest BCUT2D eigenvalue weighted by Crippen LogP contribution is -2.26. The van der Waals surface area contributed by atoms with E-state index in [0.717, 1.165) is 0 Å². The van der Waals surface area contributed by atoms with Crippen LogP contribution < -0.4 is 20.7 Å². The number of ether oxygens (including phenoxy) is 2. The van der Waals surface area contributed by atoms with E-state index in [2.05, 4.69) is 5.43 Å². The van der Waals surface area contributed by atoms with Crippen molar-refractivity contribution < 1.29 is 19.2 Å². The van der Waals surface area contributed by atoms with Gasteiger partial charge in [-0.25, -0.2) is 0 Å². The van der Waals surface area contributed by atoms with E-state index in [0.29, 0.717) is 11.3 Å². The molecule has 1 atom stereocenters. The van der Waals surface area contributed by atoms with Crippen LogP contribution in [0.1, 0.15) is 25.5 Å². The molecule has 1 rings (SSSR count). The Balaban J connectivity index is 3.29. The number of methoxy groups -OCH3 is 1. The lowest BCUT2D eigenvalue weighted by atomic mass is 10.1. The highest BCUT2D eigenvalue weighted by molar-refractivity contribution is 5.77. The molecule has 0 heterocycles. The van der Waals surface area contributed by atoms with Crippen LogP contribution in [0.25, 0.3) is 0 Å². The third-order valence-electron chi connectivity index (χ3n) is 2.66. The Kier molecular flexibility index (Phi) is 5.42. The van der Waals surface area contributed by atoms with Crippen molar-refractivity contribution in [1.29, 1.82) is 0 Å². The third-order valence-corrected chi connectivity index (χ3v) is 2.66. The molecule has 8 heteroatoms. The summed E-state index contributed by atoms with van der Waals surface area (Å²) in [5, 5.41) is 11.1. The van der Waals surface area contributed by atoms with Crippen molar-refractivity contribution >= 4 is 11.5 Å². The second kappa shape index (κ2) is 6.83. The van der Waals surface area contributed by atoms with Gasteiger partial charge in [-0.2, -0.15) is 0 Å². The molecule has 110 valence electrons. The first-order chi connectivity index (χ1) is 9.40. The number of hydrazine groups is 1. The van der Waals surface area contributed by atoms with E-state index in [9.17, 15) is 14.9 Å². The van der Waals surface area contributed by atoms with E-state index in [1.807, 2.05) is 0 Å². The van der Waals surface area contributed by atoms with Gasteiger partial charge in [0.05, 0.1) is 29.7 Å². The van der Waals surface area contributed by atoms with Gasteiger partial charge in [-0.15, -0.1) is 0 Å². The molecule has 0 aliphatic heterocycles. The topological polar surface area (TPSA) is 117 Å². The molecule has 0 spiro atoms. The van der Waals surface area contributed by atoms with Gasteiger partial charge < -0.3 is 9.47 Å². The van der Waals surface area contributed by atoms with Crippen LogP contribution in [-0.2, 0) is 4.79 Å². The number of hydrogen-bond acceptors (Lipinski definition) is 7. The Labute approximate surface area is 116 Å². The van der Waals surface area contributed by atoms with Crippen LogP contribution >= 0.6 is 0 Å². The number of ketones is 1. The summed E-state index contributed by atoms with van der Waals surface area (Å²) in [5.41, 5.74) is 2.65. The maximum absolute atomic E-state index is 11.1. The predicted octanol–water partition coefficient (Wildman–Crippen LogP) is 1.10. The fourth-order valence-electron chi connectivity index (χ4n) is 1.61. The number of carbonyl (C=O) groups excluding carboxylic acids is 1. The summed E-state index contributed by atoms with van der Waals surface area (Å²) in [4.78, 5) is 21.5. The molecule has 0 aliphatic carbocycles. The van der Waals surface area contributed by atoms with Gasteiger partial charge in [0.25, 0.3) is 5.69 Å². The van der Waals surface area contributed by atoms with Gasteiger partial charge in [-0.3, -0.25) is 26.2 Å². The number of Topliss-reactive ketones (excluding diaryl/α,β-unsaturated/α-hetero) is 1. The molecule has 0 saturated heterocycles. The zero-order valence-electron chi connectivity index (χ0n) is 11.5. The molecule has 20 heavy (non-hydrogen) atoms. The minimum atomic E-state index is -0.538. The van der Waals surface area contributed by atoms with Crippen LogP contribution in [-0.4, -0.2) is 24.4 Å². The number of nitrogens with one attached hydrogen (secondary N) is 1. The average molecular weight is 283 g/mol. The molecule has 1 unspecified atom stereocenters. The van der Waals surface area contributed by atoms with Crippen LogP contribution in [0.2, 0.25) is 0 Å². The fraction of sp³-hybridized carbons (Fsp3) is 0.417. The van der Waals surface area contributed by atoms with E-state index in [4.69, 9.17) is 15.3 Å². The van der Waals surface area contributed by atoms with E-state index in [-0.39, 0.29) is 23.8 Å². The van der Waals surface area contributed by atoms with E-state index < -0.39 is 11.0 Å². The van der Waals surface area contributed by atoms with Crippen LogP contribution in [0, 0.1) is 10.1 Å². The number of nitro benzene ring substituents is 1. The Morgan fingerprint density at radius 3 is 2.60 bits per heavy atom. The van der Waals surface area contributed by atoms with Crippen molar-refractivity contribution in [2.45, 2.75) is 19.9 Å². The monoisotopic (exact) mass is 283 g/mol. The highest BCUT2D eigenvalue weighted by Gasteiger charge is 2.23. The van der Waals surface area contributed by atoms with Crippen molar-refractivity contribution in [3.8, 4) is 11.5 Å². The molecule has 0 radical (unpaired) electrons. The first-order valence-corrected chi connectivity index (χ1v) is 5.85. The quantitative estimate of drug-likeness (QED) is 0.437. The molecule has 3 N–H and O–H groups in total. The summed E-state index contributed by atoms with van der Waals surface area (Å²) in [6.07, 6.45) is 0. The van der Waals surface area contributed by atoms with Gasteiger partial charge in [-0.1, -0.05) is 0 Å². The molecule has 0 saturated carbocycles. The Bertz CT molecular complexity index is 518. The number of nitrogens with zero attached hydrogens (tertiary/aromatic N) is 1. The Hall–Kier alpha value is -2.19. The molecular weight excluding hydrogens is 266 g/mol. The molecule has 0 aromatic heterocycles. The van der Waals surface area contributed by atoms with Gasteiger partial charge in [0.2, 0.25) is 0 Å². The minimum absolute atomic E-state index is 0.141. The summed E-state index contributed by atoms with van der Waals surface area (Å²) in [7, 11) is 1.41. The molecule has 1 aromatic rings. The number of nitrogens with two attached hydrogens (primary N) is 1. The number of nitro groups is 1. The zero-order valence-corrected chi connectivity index (χ0v) is 11.5. The van der Waals surface area contributed by atoms with Crippen molar-refractivity contribution in [3.63, 3.8) is 0 Å². The minimum Gasteiger partial charge on any atom is -0.493 e. The zero-order chi connectivity index (χ0) is 15.3. The molecule has 0 fully saturated rings. The lowest BCUT2D eigenvalue weighted by molar-refractivity contribution is -0.385. The maximum Gasteiger partial charge on any atom is 0.278 e. The average Bonchev–Trinajstić information content (AvgIpc) is 2.42.